The van der Waals surface area contributed by atoms with Gasteiger partial charge in [0.05, 0.1) is 49.1 Å². The molecule has 2 aromatic heterocycles. The molecule has 0 atom stereocenters. The fraction of sp³-hybridized carbons (Fsp3) is 0.300. The van der Waals surface area contributed by atoms with Gasteiger partial charge in [-0.1, -0.05) is 6.92 Å². The molecule has 11 heteroatoms. The number of nitrogens with one attached hydrogen (secondary N) is 2. The molecule has 0 aliphatic carbocycles. The highest BCUT2D eigenvalue weighted by molar-refractivity contribution is 5.86. The number of methoxy groups -OCH3 is 2. The van der Waals surface area contributed by atoms with Gasteiger partial charge in [0.1, 0.15) is 0 Å². The molecule has 0 unspecified atom stereocenters. The van der Waals surface area contributed by atoms with E-state index < -0.39 is 11.6 Å². The quantitative estimate of drug-likeness (QED) is 0.264. The van der Waals surface area contributed by atoms with Gasteiger partial charge in [0, 0.05) is 61.1 Å². The van der Waals surface area contributed by atoms with Crippen molar-refractivity contribution in [1.82, 2.24) is 14.9 Å². The molecule has 0 saturated carbocycles. The molecule has 1 aliphatic heterocycles. The maximum atomic E-state index is 15.0. The summed E-state index contributed by atoms with van der Waals surface area (Å²) in [7, 11) is 2.60. The summed E-state index contributed by atoms with van der Waals surface area (Å²) in [4.78, 5) is 24.9. The van der Waals surface area contributed by atoms with Gasteiger partial charge < -0.3 is 29.9 Å². The van der Waals surface area contributed by atoms with Crippen LogP contribution in [0.4, 0.5) is 25.8 Å². The predicted molar refractivity (Wildman–Crippen MR) is 156 cm³/mol. The zero-order chi connectivity index (χ0) is 28.9. The first-order valence-corrected chi connectivity index (χ1v) is 13.4. The highest BCUT2D eigenvalue weighted by Gasteiger charge is 2.23. The monoisotopic (exact) mass is 562 g/mol. The summed E-state index contributed by atoms with van der Waals surface area (Å²) in [6.45, 7) is 7.48. The molecule has 1 saturated heterocycles. The lowest BCUT2D eigenvalue weighted by Crippen LogP contribution is -2.46. The normalized spacial score (nSPS) is 13.7. The summed E-state index contributed by atoms with van der Waals surface area (Å²) >= 11 is 0. The minimum absolute atomic E-state index is 0.0955. The third-order valence-corrected chi connectivity index (χ3v) is 7.35. The molecule has 1 amide bonds. The predicted octanol–water partition coefficient (Wildman–Crippen LogP) is 4.91. The third-order valence-electron chi connectivity index (χ3n) is 7.35. The number of benzene rings is 2. The summed E-state index contributed by atoms with van der Waals surface area (Å²) in [5, 5.41) is 7.56. The fourth-order valence-electron chi connectivity index (χ4n) is 5.00. The minimum atomic E-state index is -0.861. The van der Waals surface area contributed by atoms with Gasteiger partial charge >= 0.3 is 0 Å². The molecule has 214 valence electrons. The van der Waals surface area contributed by atoms with Gasteiger partial charge in [0.15, 0.2) is 23.1 Å². The van der Waals surface area contributed by atoms with Crippen molar-refractivity contribution in [3.8, 4) is 22.8 Å². The minimum Gasteiger partial charge on any atom is -0.494 e. The molecule has 5 rings (SSSR count). The van der Waals surface area contributed by atoms with E-state index in [-0.39, 0.29) is 22.8 Å². The second-order valence-electron chi connectivity index (χ2n) is 9.64. The summed E-state index contributed by atoms with van der Waals surface area (Å²) < 4.78 is 40.1. The highest BCUT2D eigenvalue weighted by Crippen LogP contribution is 2.37. The molecule has 2 N–H and O–H groups in total. The number of ether oxygens (including phenoxy) is 2. The van der Waals surface area contributed by atoms with Crippen molar-refractivity contribution in [2.45, 2.75) is 13.5 Å². The largest absolute Gasteiger partial charge is 0.494 e. The van der Waals surface area contributed by atoms with Crippen molar-refractivity contribution >= 4 is 34.2 Å². The number of piperazine rings is 1. The molecular weight excluding hydrogens is 530 g/mol. The van der Waals surface area contributed by atoms with E-state index in [1.807, 2.05) is 24.3 Å². The van der Waals surface area contributed by atoms with Crippen LogP contribution in [0.25, 0.3) is 22.0 Å². The Balaban J connectivity index is 1.35. The number of hydrogen-bond acceptors (Lipinski definition) is 8. The van der Waals surface area contributed by atoms with Gasteiger partial charge in [0.25, 0.3) is 0 Å². The van der Waals surface area contributed by atoms with Crippen LogP contribution in [-0.4, -0.2) is 68.2 Å². The summed E-state index contributed by atoms with van der Waals surface area (Å²) in [5.41, 5.74) is 2.99. The Bertz CT molecular complexity index is 1530. The Kier molecular flexibility index (Phi) is 8.44. The second-order valence-corrected chi connectivity index (χ2v) is 9.64. The Labute approximate surface area is 237 Å². The van der Waals surface area contributed by atoms with Gasteiger partial charge in [-0.2, -0.15) is 0 Å². The molecular formula is C30H32F2N6O3. The zero-order valence-electron chi connectivity index (χ0n) is 23.2. The van der Waals surface area contributed by atoms with Gasteiger partial charge in [-0.15, -0.1) is 0 Å². The molecule has 0 spiro atoms. The first kappa shape index (κ1) is 28.0. The molecule has 1 aliphatic rings. The number of rotatable bonds is 10. The Hall–Kier alpha value is -4.51. The topological polar surface area (TPSA) is 91.8 Å². The molecule has 1 fully saturated rings. The van der Waals surface area contributed by atoms with Crippen LogP contribution in [0.5, 0.6) is 11.5 Å². The number of carbonyl (C=O) groups is 1. The fourth-order valence-corrected chi connectivity index (χ4v) is 5.00. The van der Waals surface area contributed by atoms with Crippen molar-refractivity contribution in [3.63, 3.8) is 0 Å². The number of anilines is 3. The Morgan fingerprint density at radius 2 is 1.59 bits per heavy atom. The third kappa shape index (κ3) is 5.85. The van der Waals surface area contributed by atoms with Crippen LogP contribution in [0.3, 0.4) is 0 Å². The van der Waals surface area contributed by atoms with Crippen LogP contribution in [0.1, 0.15) is 12.6 Å². The van der Waals surface area contributed by atoms with Crippen molar-refractivity contribution in [2.75, 3.05) is 62.5 Å². The van der Waals surface area contributed by atoms with Crippen molar-refractivity contribution in [2.24, 2.45) is 0 Å². The van der Waals surface area contributed by atoms with Crippen LogP contribution in [0.2, 0.25) is 0 Å². The van der Waals surface area contributed by atoms with E-state index >= 15 is 0 Å². The number of aromatic nitrogens is 2. The van der Waals surface area contributed by atoms with E-state index in [9.17, 15) is 13.6 Å². The van der Waals surface area contributed by atoms with Crippen LogP contribution in [-0.2, 0) is 11.3 Å². The molecule has 2 aromatic carbocycles. The number of hydrogen-bond donors (Lipinski definition) is 2. The highest BCUT2D eigenvalue weighted by atomic mass is 19.1. The summed E-state index contributed by atoms with van der Waals surface area (Å²) in [6.07, 6.45) is 3.85. The van der Waals surface area contributed by atoms with E-state index in [1.165, 1.54) is 14.2 Å². The maximum absolute atomic E-state index is 15.0. The van der Waals surface area contributed by atoms with Crippen LogP contribution in [0, 0.1) is 11.6 Å². The molecule has 3 heterocycles. The molecule has 0 bridgehead atoms. The lowest BCUT2D eigenvalue weighted by molar-refractivity contribution is -0.105. The second kappa shape index (κ2) is 12.3. The molecule has 4 aromatic rings. The van der Waals surface area contributed by atoms with E-state index in [4.69, 9.17) is 9.47 Å². The first-order valence-electron chi connectivity index (χ1n) is 13.4. The maximum Gasteiger partial charge on any atom is 0.211 e. The van der Waals surface area contributed by atoms with Gasteiger partial charge in [-0.05, 0) is 36.9 Å². The molecule has 0 radical (unpaired) electrons. The average molecular weight is 563 g/mol. The number of amides is 1. The van der Waals surface area contributed by atoms with Crippen LogP contribution < -0.4 is 25.0 Å². The van der Waals surface area contributed by atoms with Crippen molar-refractivity contribution in [1.29, 1.82) is 0 Å². The van der Waals surface area contributed by atoms with E-state index in [2.05, 4.69) is 37.3 Å². The van der Waals surface area contributed by atoms with Crippen LogP contribution >= 0.6 is 0 Å². The average Bonchev–Trinajstić information content (AvgIpc) is 3.00. The number of halogens is 2. The number of likely N-dealkylation sites (N-methyl/N-ethyl adjacent to an activating group) is 1. The number of pyridine rings is 2. The lowest BCUT2D eigenvalue weighted by atomic mass is 10.1. The molecule has 9 nitrogen and oxygen atoms in total. The SMILES string of the molecule is CCN1CCN(c2ccc(NCc3cc4cnc(-c5c(F)c(OC)cc(OC)c5F)cc4cn3)c(NC=O)c2)CC1. The zero-order valence-corrected chi connectivity index (χ0v) is 23.2. The standard InChI is InChI=1S/C30H32F2N6O3/c1-4-37-7-9-38(10-8-37)22-5-6-23(24(13-22)36-18-39)35-17-21-11-19-16-34-25(12-20(19)15-33-21)28-29(31)26(40-2)14-27(41-3)30(28)32/h5-6,11-16,18,35H,4,7-10,17H2,1-3H3,(H,36,39). The number of nitrogens with zero attached hydrogens (tertiary/aromatic N) is 4. The summed E-state index contributed by atoms with van der Waals surface area (Å²) in [6, 6.07) is 10.6. The van der Waals surface area contributed by atoms with E-state index in [1.54, 1.807) is 18.5 Å². The van der Waals surface area contributed by atoms with Crippen LogP contribution in [0.15, 0.2) is 48.8 Å². The Morgan fingerprint density at radius 1 is 0.902 bits per heavy atom. The first-order chi connectivity index (χ1) is 19.9. The van der Waals surface area contributed by atoms with Gasteiger partial charge in [-0.3, -0.25) is 14.8 Å². The summed E-state index contributed by atoms with van der Waals surface area (Å²) in [5.74, 6) is -2.01. The van der Waals surface area contributed by atoms with Crippen molar-refractivity contribution < 1.29 is 23.0 Å². The van der Waals surface area contributed by atoms with Gasteiger partial charge in [0.2, 0.25) is 6.41 Å². The van der Waals surface area contributed by atoms with Crippen molar-refractivity contribution in [3.05, 3.63) is 66.1 Å². The number of fused-ring (bicyclic) bond motifs is 1. The molecule has 41 heavy (non-hydrogen) atoms. The van der Waals surface area contributed by atoms with Gasteiger partial charge in [-0.25, -0.2) is 8.78 Å². The smallest absolute Gasteiger partial charge is 0.211 e. The Morgan fingerprint density at radius 3 is 2.24 bits per heavy atom. The van der Waals surface area contributed by atoms with E-state index in [0.29, 0.717) is 24.0 Å². The lowest BCUT2D eigenvalue weighted by Gasteiger charge is -2.35. The number of carbonyl (C=O) groups excluding carboxylic acids is 1. The van der Waals surface area contributed by atoms with E-state index in [0.717, 1.165) is 61.2 Å².